The van der Waals surface area contributed by atoms with E-state index in [4.69, 9.17) is 20.3 Å². The van der Waals surface area contributed by atoms with E-state index in [-0.39, 0.29) is 18.6 Å². The fraction of sp³-hybridized carbons (Fsp3) is 0.588. The van der Waals surface area contributed by atoms with Gasteiger partial charge in [0, 0.05) is 38.3 Å². The minimum absolute atomic E-state index is 0.0134. The molecule has 1 fully saturated rings. The summed E-state index contributed by atoms with van der Waals surface area (Å²) in [7, 11) is 3.26. The number of methoxy groups -OCH3 is 2. The first kappa shape index (κ1) is 17.7. The second-order valence-electron chi connectivity index (χ2n) is 5.84. The number of aliphatic hydroxyl groups is 1. The molecule has 0 aromatic heterocycles. The van der Waals surface area contributed by atoms with Crippen molar-refractivity contribution in [3.05, 3.63) is 29.3 Å². The Balaban J connectivity index is 2.24. The number of hydrogen-bond acceptors (Lipinski definition) is 5. The molecule has 6 heteroatoms. The molecule has 6 nitrogen and oxygen atoms in total. The Morgan fingerprint density at radius 3 is 2.83 bits per heavy atom. The van der Waals surface area contributed by atoms with Gasteiger partial charge in [0.25, 0.3) is 5.91 Å². The van der Waals surface area contributed by atoms with E-state index in [2.05, 4.69) is 4.90 Å². The number of carbonyl (C=O) groups excluding carboxylic acids is 1. The number of carbonyl (C=O) groups is 1. The zero-order chi connectivity index (χ0) is 16.8. The van der Waals surface area contributed by atoms with Gasteiger partial charge in [-0.2, -0.15) is 0 Å². The molecule has 0 spiro atoms. The number of primary amides is 1. The van der Waals surface area contributed by atoms with Crippen molar-refractivity contribution in [1.82, 2.24) is 4.90 Å². The Morgan fingerprint density at radius 1 is 1.43 bits per heavy atom. The number of likely N-dealkylation sites (tertiary alicyclic amines) is 1. The predicted octanol–water partition coefficient (Wildman–Crippen LogP) is 0.981. The van der Waals surface area contributed by atoms with Gasteiger partial charge < -0.3 is 25.2 Å². The van der Waals surface area contributed by atoms with Crippen molar-refractivity contribution >= 4 is 5.91 Å². The maximum atomic E-state index is 11.6. The quantitative estimate of drug-likeness (QED) is 0.782. The summed E-state index contributed by atoms with van der Waals surface area (Å²) < 4.78 is 11.2. The topological polar surface area (TPSA) is 85.0 Å². The summed E-state index contributed by atoms with van der Waals surface area (Å²) in [5, 5.41) is 8.98. The number of hydrogen-bond donors (Lipinski definition) is 2. The number of benzene rings is 1. The number of nitrogens with two attached hydrogens (primary N) is 1. The van der Waals surface area contributed by atoms with Crippen molar-refractivity contribution in [2.45, 2.75) is 24.9 Å². The monoisotopic (exact) mass is 322 g/mol. The van der Waals surface area contributed by atoms with E-state index in [9.17, 15) is 4.79 Å². The third-order valence-corrected chi connectivity index (χ3v) is 4.49. The highest BCUT2D eigenvalue weighted by atomic mass is 16.5. The molecule has 3 N–H and O–H groups in total. The fourth-order valence-corrected chi connectivity index (χ4v) is 3.34. The van der Waals surface area contributed by atoms with Crippen LogP contribution in [-0.2, 0) is 4.74 Å². The first-order valence-corrected chi connectivity index (χ1v) is 7.95. The molecule has 0 saturated carbocycles. The van der Waals surface area contributed by atoms with Crippen LogP contribution < -0.4 is 10.5 Å². The summed E-state index contributed by atoms with van der Waals surface area (Å²) >= 11 is 0. The highest BCUT2D eigenvalue weighted by Crippen LogP contribution is 2.37. The van der Waals surface area contributed by atoms with Crippen LogP contribution in [0.1, 0.15) is 34.7 Å². The molecule has 1 aliphatic rings. The third kappa shape index (κ3) is 4.02. The largest absolute Gasteiger partial charge is 0.496 e. The Morgan fingerprint density at radius 2 is 2.22 bits per heavy atom. The molecule has 1 heterocycles. The van der Waals surface area contributed by atoms with Gasteiger partial charge in [0.1, 0.15) is 5.75 Å². The van der Waals surface area contributed by atoms with Gasteiger partial charge in [-0.3, -0.25) is 4.79 Å². The second kappa shape index (κ2) is 8.29. The molecule has 0 radical (unpaired) electrons. The maximum Gasteiger partial charge on any atom is 0.252 e. The Bertz CT molecular complexity index is 535. The lowest BCUT2D eigenvalue weighted by Crippen LogP contribution is -2.44. The van der Waals surface area contributed by atoms with Crippen LogP contribution in [0, 0.1) is 0 Å². The average molecular weight is 322 g/mol. The van der Waals surface area contributed by atoms with Crippen LogP contribution in [0.2, 0.25) is 0 Å². The molecule has 1 aliphatic heterocycles. The van der Waals surface area contributed by atoms with Gasteiger partial charge in [0.05, 0.1) is 18.8 Å². The third-order valence-electron chi connectivity index (χ3n) is 4.49. The zero-order valence-corrected chi connectivity index (χ0v) is 13.8. The van der Waals surface area contributed by atoms with Gasteiger partial charge >= 0.3 is 0 Å². The highest BCUT2D eigenvalue weighted by Gasteiger charge is 2.32. The summed E-state index contributed by atoms with van der Waals surface area (Å²) in [5.41, 5.74) is 6.83. The Kier molecular flexibility index (Phi) is 6.38. The van der Waals surface area contributed by atoms with Crippen LogP contribution in [0.25, 0.3) is 0 Å². The van der Waals surface area contributed by atoms with Crippen molar-refractivity contribution in [3.63, 3.8) is 0 Å². The van der Waals surface area contributed by atoms with Gasteiger partial charge in [-0.1, -0.05) is 12.1 Å². The number of piperidine rings is 1. The van der Waals surface area contributed by atoms with E-state index >= 15 is 0 Å². The number of para-hydroxylation sites is 1. The van der Waals surface area contributed by atoms with Gasteiger partial charge in [0.2, 0.25) is 0 Å². The van der Waals surface area contributed by atoms with E-state index in [1.165, 1.54) is 0 Å². The molecule has 0 bridgehead atoms. The van der Waals surface area contributed by atoms with Crippen LogP contribution >= 0.6 is 0 Å². The molecule has 2 unspecified atom stereocenters. The molecule has 1 aromatic rings. The molecule has 2 rings (SSSR count). The Hall–Kier alpha value is -1.63. The molecule has 1 aromatic carbocycles. The number of amides is 1. The summed E-state index contributed by atoms with van der Waals surface area (Å²) in [4.78, 5) is 13.9. The van der Waals surface area contributed by atoms with E-state index in [1.807, 2.05) is 12.1 Å². The van der Waals surface area contributed by atoms with E-state index in [0.29, 0.717) is 11.3 Å². The van der Waals surface area contributed by atoms with Crippen molar-refractivity contribution in [2.75, 3.05) is 40.5 Å². The van der Waals surface area contributed by atoms with Crippen LogP contribution in [0.5, 0.6) is 5.75 Å². The molecular formula is C17H26N2O4. The molecule has 23 heavy (non-hydrogen) atoms. The maximum absolute atomic E-state index is 11.6. The molecule has 0 aliphatic carbocycles. The van der Waals surface area contributed by atoms with Crippen LogP contribution in [-0.4, -0.2) is 62.5 Å². The average Bonchev–Trinajstić information content (AvgIpc) is 2.58. The molecule has 128 valence electrons. The SMILES string of the molecule is COc1c(C(N)=O)cccc1C1CCN(CCCO)CC1OC. The smallest absolute Gasteiger partial charge is 0.252 e. The number of ether oxygens (including phenoxy) is 2. The highest BCUT2D eigenvalue weighted by molar-refractivity contribution is 5.96. The molecule has 1 amide bonds. The standard InChI is InChI=1S/C17H26N2O4/c1-22-15-11-19(8-4-10-20)9-7-12(15)13-5-3-6-14(17(18)21)16(13)23-2/h3,5-6,12,15,20H,4,7-11H2,1-2H3,(H2,18,21). The number of rotatable bonds is 7. The summed E-state index contributed by atoms with van der Waals surface area (Å²) in [5.74, 6) is 0.216. The summed E-state index contributed by atoms with van der Waals surface area (Å²) in [6.07, 6.45) is 1.68. The van der Waals surface area contributed by atoms with Gasteiger partial charge in [0.15, 0.2) is 0 Å². The molecular weight excluding hydrogens is 296 g/mol. The van der Waals surface area contributed by atoms with Gasteiger partial charge in [-0.25, -0.2) is 0 Å². The van der Waals surface area contributed by atoms with Crippen molar-refractivity contribution < 1.29 is 19.4 Å². The molecule has 1 saturated heterocycles. The zero-order valence-electron chi connectivity index (χ0n) is 13.8. The number of nitrogens with zero attached hydrogens (tertiary/aromatic N) is 1. The van der Waals surface area contributed by atoms with Crippen molar-refractivity contribution in [2.24, 2.45) is 5.73 Å². The minimum atomic E-state index is -0.488. The van der Waals surface area contributed by atoms with Crippen LogP contribution in [0.15, 0.2) is 18.2 Å². The van der Waals surface area contributed by atoms with Gasteiger partial charge in [-0.05, 0) is 25.5 Å². The first-order valence-electron chi connectivity index (χ1n) is 7.95. The molecule has 2 atom stereocenters. The number of aliphatic hydroxyl groups excluding tert-OH is 1. The van der Waals surface area contributed by atoms with E-state index in [0.717, 1.165) is 38.0 Å². The lowest BCUT2D eigenvalue weighted by molar-refractivity contribution is 0.0123. The summed E-state index contributed by atoms with van der Waals surface area (Å²) in [6.45, 7) is 2.78. The fourth-order valence-electron chi connectivity index (χ4n) is 3.34. The lowest BCUT2D eigenvalue weighted by Gasteiger charge is -2.38. The first-order chi connectivity index (χ1) is 11.1. The summed E-state index contributed by atoms with van der Waals surface area (Å²) in [6, 6.07) is 5.50. The minimum Gasteiger partial charge on any atom is -0.496 e. The van der Waals surface area contributed by atoms with Crippen LogP contribution in [0.3, 0.4) is 0 Å². The van der Waals surface area contributed by atoms with Gasteiger partial charge in [-0.15, -0.1) is 0 Å². The van der Waals surface area contributed by atoms with Crippen molar-refractivity contribution in [1.29, 1.82) is 0 Å². The normalized spacial score (nSPS) is 22.0. The van der Waals surface area contributed by atoms with Crippen molar-refractivity contribution in [3.8, 4) is 5.75 Å². The van der Waals surface area contributed by atoms with E-state index in [1.54, 1.807) is 20.3 Å². The predicted molar refractivity (Wildman–Crippen MR) is 87.8 cm³/mol. The van der Waals surface area contributed by atoms with Crippen LogP contribution in [0.4, 0.5) is 0 Å². The second-order valence-corrected chi connectivity index (χ2v) is 5.84. The van der Waals surface area contributed by atoms with E-state index < -0.39 is 5.91 Å². The Labute approximate surface area is 137 Å². The lowest BCUT2D eigenvalue weighted by atomic mass is 9.85.